The number of rotatable bonds is 2. The highest BCUT2D eigenvalue weighted by Crippen LogP contribution is 2.06. The molecule has 1 amide bonds. The molecule has 0 fully saturated rings. The van der Waals surface area contributed by atoms with Crippen molar-refractivity contribution in [1.29, 1.82) is 0 Å². The molecule has 0 saturated carbocycles. The minimum atomic E-state index is -0.846. The smallest absolute Gasteiger partial charge is 0.441 e. The number of ether oxygens (including phenoxy) is 1. The zero-order chi connectivity index (χ0) is 12.1. The molecule has 0 radical (unpaired) electrons. The fourth-order valence-corrected chi connectivity index (χ4v) is 0.680. The molecule has 0 aliphatic rings. The highest BCUT2D eigenvalue weighted by Gasteiger charge is 2.17. The van der Waals surface area contributed by atoms with Crippen LogP contribution in [0.15, 0.2) is 0 Å². The summed E-state index contributed by atoms with van der Waals surface area (Å²) in [5, 5.41) is 8.83. The Labute approximate surface area is 88.5 Å². The molecule has 6 nitrogen and oxygen atoms in total. The zero-order valence-corrected chi connectivity index (χ0v) is 9.36. The lowest BCUT2D eigenvalue weighted by atomic mass is 10.2. The molecule has 6 heteroatoms. The maximum atomic E-state index is 11.0. The maximum Gasteiger partial charge on any atom is 0.441 e. The Morgan fingerprint density at radius 1 is 1.40 bits per heavy atom. The fourth-order valence-electron chi connectivity index (χ4n) is 0.680. The van der Waals surface area contributed by atoms with E-state index >= 15 is 0 Å². The van der Waals surface area contributed by atoms with Gasteiger partial charge in [0.1, 0.15) is 5.60 Å². The Balaban J connectivity index is 3.77. The number of aliphatic hydroxyl groups is 1. The van der Waals surface area contributed by atoms with E-state index in [1.54, 1.807) is 20.8 Å². The van der Waals surface area contributed by atoms with Crippen molar-refractivity contribution in [3.05, 3.63) is 0 Å². The molecule has 0 aliphatic carbocycles. The van der Waals surface area contributed by atoms with Crippen molar-refractivity contribution in [3.8, 4) is 0 Å². The lowest BCUT2D eigenvalue weighted by Gasteiger charge is -2.19. The third-order valence-electron chi connectivity index (χ3n) is 1.11. The Kier molecular flexibility index (Phi) is 5.07. The molecule has 2 N–H and O–H groups in total. The predicted molar refractivity (Wildman–Crippen MR) is 51.8 cm³/mol. The van der Waals surface area contributed by atoms with Crippen LogP contribution in [0.1, 0.15) is 34.1 Å². The average Bonchev–Trinajstić information content (AvgIpc) is 1.96. The van der Waals surface area contributed by atoms with Crippen LogP contribution in [0, 0.1) is 0 Å². The molecule has 0 spiro atoms. The predicted octanol–water partition coefficient (Wildman–Crippen LogP) is 0.740. The molecule has 0 aromatic carbocycles. The highest BCUT2D eigenvalue weighted by molar-refractivity contribution is 5.73. The van der Waals surface area contributed by atoms with E-state index in [2.05, 4.69) is 4.84 Å². The number of carbonyl (C=O) groups is 2. The molecule has 0 saturated heterocycles. The maximum absolute atomic E-state index is 11.0. The van der Waals surface area contributed by atoms with Crippen molar-refractivity contribution in [1.82, 2.24) is 5.48 Å². The number of amides is 1. The van der Waals surface area contributed by atoms with E-state index in [-0.39, 0.29) is 6.42 Å². The summed E-state index contributed by atoms with van der Waals surface area (Å²) >= 11 is 0. The summed E-state index contributed by atoms with van der Waals surface area (Å²) in [5.41, 5.74) is 1.17. The minimum absolute atomic E-state index is 0.185. The van der Waals surface area contributed by atoms with Gasteiger partial charge in [-0.25, -0.2) is 9.59 Å². The second-order valence-electron chi connectivity index (χ2n) is 4.13. The number of carbonyl (C=O) groups excluding carboxylic acids is 2. The average molecular weight is 219 g/mol. The Bertz CT molecular complexity index is 231. The van der Waals surface area contributed by atoms with E-state index in [1.165, 1.54) is 6.92 Å². The lowest BCUT2D eigenvalue weighted by Crippen LogP contribution is -2.34. The second kappa shape index (κ2) is 5.55. The van der Waals surface area contributed by atoms with Crippen molar-refractivity contribution < 1.29 is 24.3 Å². The van der Waals surface area contributed by atoms with Gasteiger partial charge in [-0.3, -0.25) is 0 Å². The van der Waals surface area contributed by atoms with E-state index in [1.807, 2.05) is 5.48 Å². The molecule has 0 aromatic rings. The van der Waals surface area contributed by atoms with Crippen LogP contribution in [0.3, 0.4) is 0 Å². The van der Waals surface area contributed by atoms with Gasteiger partial charge in [0.15, 0.2) is 0 Å². The Hall–Kier alpha value is -1.30. The van der Waals surface area contributed by atoms with Crippen LogP contribution >= 0.6 is 0 Å². The van der Waals surface area contributed by atoms with Crippen molar-refractivity contribution in [3.63, 3.8) is 0 Å². The van der Waals surface area contributed by atoms with Crippen LogP contribution in [-0.2, 0) is 14.4 Å². The van der Waals surface area contributed by atoms with E-state index in [0.29, 0.717) is 0 Å². The summed E-state index contributed by atoms with van der Waals surface area (Å²) in [6.07, 6.45) is -1.84. The van der Waals surface area contributed by atoms with Gasteiger partial charge in [0.2, 0.25) is 0 Å². The molecule has 15 heavy (non-hydrogen) atoms. The van der Waals surface area contributed by atoms with Gasteiger partial charge in [0.05, 0.1) is 12.5 Å². The first-order valence-corrected chi connectivity index (χ1v) is 4.57. The number of aliphatic hydroxyl groups excluding tert-OH is 1. The summed E-state index contributed by atoms with van der Waals surface area (Å²) in [6, 6.07) is 0. The molecule has 0 aliphatic heterocycles. The minimum Gasteiger partial charge on any atom is -0.442 e. The molecular formula is C9H17NO5. The zero-order valence-electron chi connectivity index (χ0n) is 9.36. The summed E-state index contributed by atoms with van der Waals surface area (Å²) in [7, 11) is 0. The van der Waals surface area contributed by atoms with Crippen LogP contribution in [-0.4, -0.2) is 28.9 Å². The molecule has 1 unspecified atom stereocenters. The Morgan fingerprint density at radius 3 is 2.33 bits per heavy atom. The molecule has 0 aromatic heterocycles. The van der Waals surface area contributed by atoms with Crippen molar-refractivity contribution in [2.75, 3.05) is 0 Å². The fraction of sp³-hybridized carbons (Fsp3) is 0.778. The van der Waals surface area contributed by atoms with Crippen LogP contribution in [0.25, 0.3) is 0 Å². The van der Waals surface area contributed by atoms with Crippen LogP contribution in [0.5, 0.6) is 0 Å². The number of hydroxylamine groups is 1. The third kappa shape index (κ3) is 9.01. The standard InChI is InChI=1S/C9H17NO5/c1-6(11)5-7(12)15-10-8(13)14-9(2,3)4/h6,11H,5H2,1-4H3,(H,10,13). The number of nitrogens with one attached hydrogen (secondary N) is 1. The van der Waals surface area contributed by atoms with Crippen molar-refractivity contribution in [2.45, 2.75) is 45.8 Å². The van der Waals surface area contributed by atoms with E-state index in [9.17, 15) is 9.59 Å². The van der Waals surface area contributed by atoms with Crippen molar-refractivity contribution in [2.24, 2.45) is 0 Å². The normalized spacial score (nSPS) is 12.9. The van der Waals surface area contributed by atoms with Crippen molar-refractivity contribution >= 4 is 12.1 Å². The van der Waals surface area contributed by atoms with Gasteiger partial charge >= 0.3 is 12.1 Å². The van der Waals surface area contributed by atoms with Gasteiger partial charge in [-0.15, -0.1) is 5.48 Å². The Morgan fingerprint density at radius 2 is 1.93 bits per heavy atom. The number of hydrogen-bond acceptors (Lipinski definition) is 5. The van der Waals surface area contributed by atoms with E-state index in [0.717, 1.165) is 0 Å². The van der Waals surface area contributed by atoms with Gasteiger partial charge in [-0.2, -0.15) is 0 Å². The molecule has 0 heterocycles. The molecular weight excluding hydrogens is 202 g/mol. The number of hydrogen-bond donors (Lipinski definition) is 2. The molecule has 0 bridgehead atoms. The summed E-state index contributed by atoms with van der Waals surface area (Å²) in [6.45, 7) is 6.49. The van der Waals surface area contributed by atoms with Crippen LogP contribution in [0.2, 0.25) is 0 Å². The first-order valence-electron chi connectivity index (χ1n) is 4.57. The summed E-state index contributed by atoms with van der Waals surface area (Å²) in [4.78, 5) is 26.2. The van der Waals surface area contributed by atoms with Gasteiger partial charge < -0.3 is 14.7 Å². The van der Waals surface area contributed by atoms with Crippen LogP contribution < -0.4 is 5.48 Å². The van der Waals surface area contributed by atoms with Gasteiger partial charge in [0, 0.05) is 0 Å². The van der Waals surface area contributed by atoms with E-state index in [4.69, 9.17) is 9.84 Å². The quantitative estimate of drug-likeness (QED) is 0.669. The van der Waals surface area contributed by atoms with Gasteiger partial charge in [-0.05, 0) is 27.7 Å². The monoisotopic (exact) mass is 219 g/mol. The van der Waals surface area contributed by atoms with Gasteiger partial charge in [0.25, 0.3) is 0 Å². The largest absolute Gasteiger partial charge is 0.442 e. The SMILES string of the molecule is CC(O)CC(=O)ONC(=O)OC(C)(C)C. The molecule has 0 rings (SSSR count). The van der Waals surface area contributed by atoms with E-state index < -0.39 is 23.8 Å². The first-order chi connectivity index (χ1) is 6.70. The topological polar surface area (TPSA) is 84.9 Å². The lowest BCUT2D eigenvalue weighted by molar-refractivity contribution is -0.152. The second-order valence-corrected chi connectivity index (χ2v) is 4.13. The highest BCUT2D eigenvalue weighted by atomic mass is 16.7. The molecule has 88 valence electrons. The summed E-state index contributed by atoms with van der Waals surface area (Å²) < 4.78 is 4.80. The molecule has 1 atom stereocenters. The van der Waals surface area contributed by atoms with Crippen LogP contribution in [0.4, 0.5) is 4.79 Å². The summed E-state index contributed by atoms with van der Waals surface area (Å²) in [5.74, 6) is -0.726. The van der Waals surface area contributed by atoms with Gasteiger partial charge in [-0.1, -0.05) is 0 Å². The first kappa shape index (κ1) is 13.7. The third-order valence-corrected chi connectivity index (χ3v) is 1.11.